The van der Waals surface area contributed by atoms with Gasteiger partial charge in [0.1, 0.15) is 0 Å². The van der Waals surface area contributed by atoms with Gasteiger partial charge in [-0.2, -0.15) is 0 Å². The summed E-state index contributed by atoms with van der Waals surface area (Å²) in [5.41, 5.74) is 10.2. The van der Waals surface area contributed by atoms with Crippen molar-refractivity contribution in [3.05, 3.63) is 65.5 Å². The fraction of sp³-hybridized carbons (Fsp3) is 0.312. The zero-order chi connectivity index (χ0) is 12.4. The van der Waals surface area contributed by atoms with Crippen LogP contribution < -0.4 is 5.73 Å². The van der Waals surface area contributed by atoms with Crippen LogP contribution in [0.15, 0.2) is 48.7 Å². The van der Waals surface area contributed by atoms with Gasteiger partial charge in [0.05, 0.1) is 0 Å². The quantitative estimate of drug-likeness (QED) is 0.891. The van der Waals surface area contributed by atoms with Crippen molar-refractivity contribution in [3.63, 3.8) is 0 Å². The minimum Gasteiger partial charge on any atom is -0.324 e. The van der Waals surface area contributed by atoms with Crippen molar-refractivity contribution in [1.82, 2.24) is 4.98 Å². The summed E-state index contributed by atoms with van der Waals surface area (Å²) in [7, 11) is 0. The number of nitrogens with zero attached hydrogens (tertiary/aromatic N) is 1. The molecule has 1 aromatic heterocycles. The number of rotatable bonds is 3. The third-order valence-electron chi connectivity index (χ3n) is 3.84. The zero-order valence-corrected chi connectivity index (χ0v) is 10.4. The molecule has 1 aromatic carbocycles. The highest BCUT2D eigenvalue weighted by Gasteiger charge is 2.25. The van der Waals surface area contributed by atoms with Crippen LogP contribution in [0.1, 0.15) is 41.6 Å². The highest BCUT2D eigenvalue weighted by molar-refractivity contribution is 5.29. The summed E-state index contributed by atoms with van der Waals surface area (Å²) in [6, 6.07) is 14.7. The Labute approximate surface area is 108 Å². The van der Waals surface area contributed by atoms with Gasteiger partial charge in [-0.3, -0.25) is 4.98 Å². The fourth-order valence-electron chi connectivity index (χ4n) is 2.87. The van der Waals surface area contributed by atoms with Crippen LogP contribution in [0.4, 0.5) is 0 Å². The predicted molar refractivity (Wildman–Crippen MR) is 73.3 cm³/mol. The smallest absolute Gasteiger partial charge is 0.0467 e. The van der Waals surface area contributed by atoms with Crippen molar-refractivity contribution in [2.45, 2.75) is 31.2 Å². The fourth-order valence-corrected chi connectivity index (χ4v) is 2.87. The lowest BCUT2D eigenvalue weighted by molar-refractivity contribution is 0.532. The van der Waals surface area contributed by atoms with Crippen molar-refractivity contribution < 1.29 is 0 Å². The summed E-state index contributed by atoms with van der Waals surface area (Å²) in [4.78, 5) is 4.53. The lowest BCUT2D eigenvalue weighted by Crippen LogP contribution is -2.14. The van der Waals surface area contributed by atoms with Crippen molar-refractivity contribution in [2.24, 2.45) is 5.73 Å². The van der Waals surface area contributed by atoms with E-state index in [4.69, 9.17) is 5.73 Å². The Kier molecular flexibility index (Phi) is 3.11. The number of pyridine rings is 1. The molecule has 0 fully saturated rings. The highest BCUT2D eigenvalue weighted by Crippen LogP contribution is 2.36. The van der Waals surface area contributed by atoms with Gasteiger partial charge >= 0.3 is 0 Å². The van der Waals surface area contributed by atoms with E-state index in [0.29, 0.717) is 5.92 Å². The van der Waals surface area contributed by atoms with Gasteiger partial charge in [0, 0.05) is 23.9 Å². The Morgan fingerprint density at radius 1 is 1.17 bits per heavy atom. The first kappa shape index (κ1) is 11.4. The molecule has 0 amide bonds. The number of aromatic nitrogens is 1. The van der Waals surface area contributed by atoms with Gasteiger partial charge in [0.15, 0.2) is 0 Å². The summed E-state index contributed by atoms with van der Waals surface area (Å²) >= 11 is 0. The molecule has 18 heavy (non-hydrogen) atoms. The first-order valence-corrected chi connectivity index (χ1v) is 6.59. The predicted octanol–water partition coefficient (Wildman–Crippen LogP) is 3.20. The number of fused-ring (bicyclic) bond motifs is 1. The van der Waals surface area contributed by atoms with E-state index >= 15 is 0 Å². The van der Waals surface area contributed by atoms with Crippen molar-refractivity contribution >= 4 is 0 Å². The molecule has 2 N–H and O–H groups in total. The molecule has 2 heteroatoms. The van der Waals surface area contributed by atoms with Crippen LogP contribution in [0, 0.1) is 0 Å². The Morgan fingerprint density at radius 2 is 2.00 bits per heavy atom. The van der Waals surface area contributed by atoms with Crippen LogP contribution in [0.2, 0.25) is 0 Å². The summed E-state index contributed by atoms with van der Waals surface area (Å²) in [5.74, 6) is 0.524. The van der Waals surface area contributed by atoms with Gasteiger partial charge in [-0.15, -0.1) is 0 Å². The second-order valence-corrected chi connectivity index (χ2v) is 5.04. The van der Waals surface area contributed by atoms with E-state index in [-0.39, 0.29) is 6.04 Å². The Balaban J connectivity index is 1.75. The van der Waals surface area contributed by atoms with Crippen molar-refractivity contribution in [2.75, 3.05) is 0 Å². The van der Waals surface area contributed by atoms with Gasteiger partial charge in [-0.1, -0.05) is 36.4 Å². The van der Waals surface area contributed by atoms with Crippen molar-refractivity contribution in [1.29, 1.82) is 0 Å². The van der Waals surface area contributed by atoms with E-state index in [1.165, 1.54) is 23.2 Å². The number of hydrogen-bond acceptors (Lipinski definition) is 2. The van der Waals surface area contributed by atoms with Gasteiger partial charge in [-0.25, -0.2) is 0 Å². The van der Waals surface area contributed by atoms with Crippen LogP contribution >= 0.6 is 0 Å². The molecule has 2 aromatic rings. The monoisotopic (exact) mass is 238 g/mol. The standard InChI is InChI=1S/C16H18N2/c17-15(12-5-2-1-3-6-12)11-14-9-8-13-7-4-10-18-16(13)14/h1-7,10,14-15H,8-9,11,17H2. The molecule has 3 rings (SSSR count). The molecule has 0 saturated carbocycles. The lowest BCUT2D eigenvalue weighted by Gasteiger charge is -2.17. The van der Waals surface area contributed by atoms with Gasteiger partial charge < -0.3 is 5.73 Å². The molecule has 0 spiro atoms. The number of hydrogen-bond donors (Lipinski definition) is 1. The average Bonchev–Trinajstić information content (AvgIpc) is 2.83. The zero-order valence-electron chi connectivity index (χ0n) is 10.4. The van der Waals surface area contributed by atoms with Crippen LogP contribution in [-0.2, 0) is 6.42 Å². The molecule has 2 nitrogen and oxygen atoms in total. The summed E-state index contributed by atoms with van der Waals surface area (Å²) in [5, 5.41) is 0. The Hall–Kier alpha value is -1.67. The van der Waals surface area contributed by atoms with Crippen LogP contribution in [0.3, 0.4) is 0 Å². The molecule has 1 aliphatic rings. The third kappa shape index (κ3) is 2.16. The van der Waals surface area contributed by atoms with Crippen LogP contribution in [0.25, 0.3) is 0 Å². The first-order chi connectivity index (χ1) is 8.84. The van der Waals surface area contributed by atoms with E-state index in [1.54, 1.807) is 0 Å². The highest BCUT2D eigenvalue weighted by atomic mass is 14.7. The van der Waals surface area contributed by atoms with Crippen molar-refractivity contribution in [3.8, 4) is 0 Å². The minimum absolute atomic E-state index is 0.115. The summed E-state index contributed by atoms with van der Waals surface area (Å²) in [6.45, 7) is 0. The molecule has 0 aliphatic heterocycles. The first-order valence-electron chi connectivity index (χ1n) is 6.59. The van der Waals surface area contributed by atoms with Gasteiger partial charge in [-0.05, 0) is 36.5 Å². The number of aryl methyl sites for hydroxylation is 1. The normalized spacial score (nSPS) is 19.5. The van der Waals surface area contributed by atoms with Gasteiger partial charge in [0.2, 0.25) is 0 Å². The molecule has 2 atom stereocenters. The molecular formula is C16H18N2. The lowest BCUT2D eigenvalue weighted by atomic mass is 9.93. The minimum atomic E-state index is 0.115. The van der Waals surface area contributed by atoms with E-state index in [1.807, 2.05) is 18.3 Å². The summed E-state index contributed by atoms with van der Waals surface area (Å²) in [6.07, 6.45) is 5.22. The molecule has 92 valence electrons. The maximum Gasteiger partial charge on any atom is 0.0467 e. The summed E-state index contributed by atoms with van der Waals surface area (Å²) < 4.78 is 0. The third-order valence-corrected chi connectivity index (χ3v) is 3.84. The number of benzene rings is 1. The maximum atomic E-state index is 6.30. The second-order valence-electron chi connectivity index (χ2n) is 5.04. The molecule has 1 aliphatic carbocycles. The molecular weight excluding hydrogens is 220 g/mol. The van der Waals surface area contributed by atoms with E-state index in [2.05, 4.69) is 35.3 Å². The molecule has 0 saturated heterocycles. The molecule has 0 bridgehead atoms. The molecule has 0 radical (unpaired) electrons. The average molecular weight is 238 g/mol. The van der Waals surface area contributed by atoms with Crippen LogP contribution in [-0.4, -0.2) is 4.98 Å². The SMILES string of the molecule is NC(CC1CCc2cccnc21)c1ccccc1. The Bertz CT molecular complexity index is 522. The van der Waals surface area contributed by atoms with Gasteiger partial charge in [0.25, 0.3) is 0 Å². The molecule has 2 unspecified atom stereocenters. The molecule has 1 heterocycles. The second kappa shape index (κ2) is 4.91. The topological polar surface area (TPSA) is 38.9 Å². The van der Waals surface area contributed by atoms with E-state index in [9.17, 15) is 0 Å². The Morgan fingerprint density at radius 3 is 2.83 bits per heavy atom. The number of nitrogens with two attached hydrogens (primary N) is 1. The van der Waals surface area contributed by atoms with Crippen LogP contribution in [0.5, 0.6) is 0 Å². The van der Waals surface area contributed by atoms with E-state index < -0.39 is 0 Å². The van der Waals surface area contributed by atoms with E-state index in [0.717, 1.165) is 12.8 Å². The largest absolute Gasteiger partial charge is 0.324 e. The maximum absolute atomic E-state index is 6.30.